The van der Waals surface area contributed by atoms with Gasteiger partial charge in [0.1, 0.15) is 11.8 Å². The Morgan fingerprint density at radius 2 is 1.91 bits per heavy atom. The summed E-state index contributed by atoms with van der Waals surface area (Å²) < 4.78 is 5.17. The molecule has 168 valence electrons. The summed E-state index contributed by atoms with van der Waals surface area (Å²) in [5, 5.41) is 6.05. The first-order valence-electron chi connectivity index (χ1n) is 9.89. The molecular weight excluding hydrogens is 452 g/mol. The summed E-state index contributed by atoms with van der Waals surface area (Å²) in [6.45, 7) is 1.95. The van der Waals surface area contributed by atoms with Gasteiger partial charge in [0.15, 0.2) is 5.11 Å². The fraction of sp³-hybridized carbons (Fsp3) is 0.273. The number of hydrogen-bond acceptors (Lipinski definition) is 5. The predicted molar refractivity (Wildman–Crippen MR) is 127 cm³/mol. The second kappa shape index (κ2) is 10.4. The Hall–Kier alpha value is -3.17. The van der Waals surface area contributed by atoms with Gasteiger partial charge >= 0.3 is 0 Å². The first kappa shape index (κ1) is 23.5. The Bertz CT molecular complexity index is 1030. The van der Waals surface area contributed by atoms with Crippen molar-refractivity contribution in [1.82, 2.24) is 10.2 Å². The van der Waals surface area contributed by atoms with E-state index in [2.05, 4.69) is 10.6 Å². The van der Waals surface area contributed by atoms with Crippen LogP contribution in [-0.4, -0.2) is 54.0 Å². The number of anilines is 2. The maximum Gasteiger partial charge on any atom is 0.256 e. The fourth-order valence-electron chi connectivity index (χ4n) is 3.38. The summed E-state index contributed by atoms with van der Waals surface area (Å²) in [4.78, 5) is 40.3. The zero-order valence-electron chi connectivity index (χ0n) is 17.6. The molecule has 0 aromatic heterocycles. The minimum absolute atomic E-state index is 0.103. The van der Waals surface area contributed by atoms with E-state index in [1.54, 1.807) is 47.4 Å². The van der Waals surface area contributed by atoms with Crippen LogP contribution < -0.4 is 20.3 Å². The van der Waals surface area contributed by atoms with E-state index < -0.39 is 6.04 Å². The third-order valence-corrected chi connectivity index (χ3v) is 5.59. The first-order valence-corrected chi connectivity index (χ1v) is 10.7. The van der Waals surface area contributed by atoms with E-state index in [0.29, 0.717) is 22.1 Å². The molecule has 0 spiro atoms. The van der Waals surface area contributed by atoms with Crippen molar-refractivity contribution in [3.63, 3.8) is 0 Å². The molecular formula is C22H23ClN4O4S. The minimum Gasteiger partial charge on any atom is -0.495 e. The van der Waals surface area contributed by atoms with Crippen molar-refractivity contribution in [2.24, 2.45) is 0 Å². The lowest BCUT2D eigenvalue weighted by atomic mass is 10.1. The Morgan fingerprint density at radius 3 is 2.53 bits per heavy atom. The molecule has 0 radical (unpaired) electrons. The number of benzene rings is 2. The minimum atomic E-state index is -0.819. The van der Waals surface area contributed by atoms with Crippen LogP contribution in [0.4, 0.5) is 11.4 Å². The van der Waals surface area contributed by atoms with E-state index >= 15 is 0 Å². The molecule has 32 heavy (non-hydrogen) atoms. The maximum atomic E-state index is 13.3. The number of rotatable bonds is 8. The SMILES string of the molecule is COc1ccc(N2C(=O)[C@@H](CC(=O)Nc3ccccc3)N(CCNC(C)=O)C2=S)cc1Cl. The molecule has 2 N–H and O–H groups in total. The van der Waals surface area contributed by atoms with Gasteiger partial charge in [0.2, 0.25) is 11.8 Å². The number of amides is 3. The van der Waals surface area contributed by atoms with Crippen molar-refractivity contribution in [2.75, 3.05) is 30.4 Å². The van der Waals surface area contributed by atoms with Crippen molar-refractivity contribution >= 4 is 58.0 Å². The molecule has 0 saturated carbocycles. The van der Waals surface area contributed by atoms with Gasteiger partial charge in [-0.05, 0) is 42.5 Å². The third kappa shape index (κ3) is 5.35. The first-order chi connectivity index (χ1) is 15.3. The summed E-state index contributed by atoms with van der Waals surface area (Å²) in [6.07, 6.45) is -0.103. The predicted octanol–water partition coefficient (Wildman–Crippen LogP) is 2.82. The van der Waals surface area contributed by atoms with Gasteiger partial charge in [0.05, 0.1) is 24.2 Å². The van der Waals surface area contributed by atoms with E-state index in [0.717, 1.165) is 0 Å². The molecule has 1 fully saturated rings. The second-order valence-corrected chi connectivity index (χ2v) is 7.86. The molecule has 2 aromatic carbocycles. The van der Waals surface area contributed by atoms with Crippen molar-refractivity contribution in [1.29, 1.82) is 0 Å². The molecule has 0 bridgehead atoms. The second-order valence-electron chi connectivity index (χ2n) is 7.09. The summed E-state index contributed by atoms with van der Waals surface area (Å²) in [5.41, 5.74) is 1.11. The van der Waals surface area contributed by atoms with Gasteiger partial charge in [-0.1, -0.05) is 29.8 Å². The van der Waals surface area contributed by atoms with E-state index in [-0.39, 0.29) is 42.3 Å². The molecule has 0 aliphatic carbocycles. The van der Waals surface area contributed by atoms with E-state index in [1.807, 2.05) is 6.07 Å². The number of hydrogen-bond donors (Lipinski definition) is 2. The summed E-state index contributed by atoms with van der Waals surface area (Å²) in [7, 11) is 1.50. The quantitative estimate of drug-likeness (QED) is 0.572. The molecule has 0 unspecified atom stereocenters. The van der Waals surface area contributed by atoms with Crippen molar-refractivity contribution in [3.8, 4) is 5.75 Å². The molecule has 1 aliphatic heterocycles. The summed E-state index contributed by atoms with van der Waals surface area (Å²) in [6, 6.07) is 13.1. The third-order valence-electron chi connectivity index (χ3n) is 4.88. The molecule has 3 amide bonds. The van der Waals surface area contributed by atoms with Crippen molar-refractivity contribution in [3.05, 3.63) is 53.6 Å². The zero-order chi connectivity index (χ0) is 23.3. The van der Waals surface area contributed by atoms with Gasteiger partial charge in [0.25, 0.3) is 5.91 Å². The number of thiocarbonyl (C=S) groups is 1. The van der Waals surface area contributed by atoms with Crippen LogP contribution in [0.3, 0.4) is 0 Å². The lowest BCUT2D eigenvalue weighted by Crippen LogP contribution is -2.42. The number of nitrogens with zero attached hydrogens (tertiary/aromatic N) is 2. The Balaban J connectivity index is 1.83. The van der Waals surface area contributed by atoms with Crippen LogP contribution in [0.5, 0.6) is 5.75 Å². The maximum absolute atomic E-state index is 13.3. The van der Waals surface area contributed by atoms with Gasteiger partial charge in [-0.15, -0.1) is 0 Å². The Kier molecular flexibility index (Phi) is 7.66. The van der Waals surface area contributed by atoms with Crippen LogP contribution >= 0.6 is 23.8 Å². The molecule has 3 rings (SSSR count). The number of halogens is 1. The number of carbonyl (C=O) groups excluding carboxylic acids is 3. The van der Waals surface area contributed by atoms with Gasteiger partial charge in [-0.2, -0.15) is 0 Å². The number of para-hydroxylation sites is 1. The average molecular weight is 475 g/mol. The van der Waals surface area contributed by atoms with Gasteiger partial charge in [-0.3, -0.25) is 19.3 Å². The lowest BCUT2D eigenvalue weighted by molar-refractivity contribution is -0.124. The normalized spacial score (nSPS) is 15.7. The fourth-order valence-corrected chi connectivity index (χ4v) is 4.05. The summed E-state index contributed by atoms with van der Waals surface area (Å²) in [5.74, 6) is -0.397. The van der Waals surface area contributed by atoms with Gasteiger partial charge in [-0.25, -0.2) is 0 Å². The standard InChI is InChI=1S/C22H23ClN4O4S/c1-14(28)24-10-11-26-18(13-20(29)25-15-6-4-3-5-7-15)21(30)27(22(26)32)16-8-9-19(31-2)17(23)12-16/h3-9,12,18H,10-11,13H2,1-2H3,(H,24,28)(H,25,29)/t18-/m1/s1. The Labute approximate surface area is 196 Å². The van der Waals surface area contributed by atoms with E-state index in [4.69, 9.17) is 28.6 Å². The molecule has 1 saturated heterocycles. The van der Waals surface area contributed by atoms with Crippen LogP contribution in [0.15, 0.2) is 48.5 Å². The highest BCUT2D eigenvalue weighted by Gasteiger charge is 2.44. The highest BCUT2D eigenvalue weighted by Crippen LogP contribution is 2.33. The van der Waals surface area contributed by atoms with Gasteiger partial charge < -0.3 is 20.3 Å². The topological polar surface area (TPSA) is 91.0 Å². The number of ether oxygens (including phenoxy) is 1. The van der Waals surface area contributed by atoms with E-state index in [1.165, 1.54) is 18.9 Å². The highest BCUT2D eigenvalue weighted by atomic mass is 35.5. The molecule has 1 heterocycles. The summed E-state index contributed by atoms with van der Waals surface area (Å²) >= 11 is 11.8. The largest absolute Gasteiger partial charge is 0.495 e. The molecule has 10 heteroatoms. The number of carbonyl (C=O) groups is 3. The van der Waals surface area contributed by atoms with Crippen LogP contribution in [0.25, 0.3) is 0 Å². The van der Waals surface area contributed by atoms with Crippen LogP contribution in [0, 0.1) is 0 Å². The average Bonchev–Trinajstić information content (AvgIpc) is 2.98. The number of nitrogens with one attached hydrogen (secondary N) is 2. The molecule has 2 aromatic rings. The number of methoxy groups -OCH3 is 1. The molecule has 1 atom stereocenters. The monoisotopic (exact) mass is 474 g/mol. The van der Waals surface area contributed by atoms with Crippen LogP contribution in [0.2, 0.25) is 5.02 Å². The lowest BCUT2D eigenvalue weighted by Gasteiger charge is -2.24. The van der Waals surface area contributed by atoms with Crippen LogP contribution in [0.1, 0.15) is 13.3 Å². The van der Waals surface area contributed by atoms with Crippen molar-refractivity contribution < 1.29 is 19.1 Å². The molecule has 8 nitrogen and oxygen atoms in total. The smallest absolute Gasteiger partial charge is 0.256 e. The van der Waals surface area contributed by atoms with E-state index in [9.17, 15) is 14.4 Å². The highest BCUT2D eigenvalue weighted by molar-refractivity contribution is 7.80. The van der Waals surface area contributed by atoms with Crippen LogP contribution in [-0.2, 0) is 14.4 Å². The zero-order valence-corrected chi connectivity index (χ0v) is 19.2. The van der Waals surface area contributed by atoms with Gasteiger partial charge in [0, 0.05) is 25.7 Å². The molecule has 1 aliphatic rings. The Morgan fingerprint density at radius 1 is 1.19 bits per heavy atom. The van der Waals surface area contributed by atoms with Crippen molar-refractivity contribution in [2.45, 2.75) is 19.4 Å².